The molecule has 0 aliphatic heterocycles. The van der Waals surface area contributed by atoms with Crippen molar-refractivity contribution in [2.75, 3.05) is 19.8 Å². The highest BCUT2D eigenvalue weighted by atomic mass is 31.2. The first-order chi connectivity index (χ1) is 28.3. The zero-order valence-corrected chi connectivity index (χ0v) is 36.7. The number of carbonyl (C=O) groups is 4. The van der Waals surface area contributed by atoms with Crippen LogP contribution in [0.2, 0.25) is 0 Å². The van der Waals surface area contributed by atoms with Crippen molar-refractivity contribution < 1.29 is 62.5 Å². The van der Waals surface area contributed by atoms with Gasteiger partial charge in [0.05, 0.1) is 25.4 Å². The van der Waals surface area contributed by atoms with E-state index in [1.54, 1.807) is 12.2 Å². The number of phosphoric acid groups is 1. The predicted molar refractivity (Wildman–Crippen MR) is 227 cm³/mol. The van der Waals surface area contributed by atoms with Gasteiger partial charge in [-0.05, 0) is 63.7 Å². The molecule has 0 aromatic heterocycles. The molecule has 0 saturated heterocycles. The van der Waals surface area contributed by atoms with Crippen molar-refractivity contribution in [2.45, 2.75) is 186 Å². The lowest BCUT2D eigenvalue weighted by Gasteiger charge is -2.20. The van der Waals surface area contributed by atoms with E-state index < -0.39 is 75.8 Å². The molecular weight excluding hydrogens is 781 g/mol. The molecule has 0 heterocycles. The molecule has 1 rings (SSSR count). The number of carbonyl (C=O) groups excluding carboxylic acids is 3. The van der Waals surface area contributed by atoms with E-state index in [9.17, 15) is 38.8 Å². The Labute approximate surface area is 353 Å². The van der Waals surface area contributed by atoms with Crippen molar-refractivity contribution in [3.63, 3.8) is 0 Å². The fraction of sp³-hybridized carbons (Fsp3) is 0.773. The Morgan fingerprint density at radius 1 is 0.797 bits per heavy atom. The van der Waals surface area contributed by atoms with Gasteiger partial charge in [-0.3, -0.25) is 28.2 Å². The summed E-state index contributed by atoms with van der Waals surface area (Å²) in [6.07, 6.45) is 28.3. The Morgan fingerprint density at radius 2 is 1.37 bits per heavy atom. The summed E-state index contributed by atoms with van der Waals surface area (Å²) in [4.78, 5) is 58.7. The summed E-state index contributed by atoms with van der Waals surface area (Å²) in [7, 11) is -4.78. The first kappa shape index (κ1) is 54.3. The van der Waals surface area contributed by atoms with Crippen LogP contribution in [0.4, 0.5) is 0 Å². The molecule has 14 nitrogen and oxygen atoms in total. The zero-order valence-electron chi connectivity index (χ0n) is 35.8. The maximum absolute atomic E-state index is 12.7. The lowest BCUT2D eigenvalue weighted by atomic mass is 9.88. The summed E-state index contributed by atoms with van der Waals surface area (Å²) in [6.45, 7) is 2.41. The number of esters is 2. The van der Waals surface area contributed by atoms with E-state index in [0.717, 1.165) is 77.0 Å². The summed E-state index contributed by atoms with van der Waals surface area (Å²) in [6, 6.07) is -1.56. The van der Waals surface area contributed by atoms with Crippen LogP contribution < -0.4 is 5.73 Å². The second-order valence-electron chi connectivity index (χ2n) is 15.6. The number of phosphoric ester groups is 1. The number of carboxylic acids is 1. The van der Waals surface area contributed by atoms with Gasteiger partial charge in [0.1, 0.15) is 18.4 Å². The van der Waals surface area contributed by atoms with Crippen LogP contribution in [0.15, 0.2) is 36.5 Å². The normalized spacial score (nSPS) is 19.7. The van der Waals surface area contributed by atoms with Gasteiger partial charge in [-0.2, -0.15) is 0 Å². The average Bonchev–Trinajstić information content (AvgIpc) is 3.47. The van der Waals surface area contributed by atoms with Gasteiger partial charge in [-0.25, -0.2) is 4.57 Å². The van der Waals surface area contributed by atoms with Crippen LogP contribution in [0, 0.1) is 11.8 Å². The lowest BCUT2D eigenvalue weighted by molar-refractivity contribution is -0.161. The molecule has 6 N–H and O–H groups in total. The highest BCUT2D eigenvalue weighted by Gasteiger charge is 2.39. The number of nitrogens with two attached hydrogens (primary N) is 1. The SMILES string of the molecule is CCCCC/C=C\C/C=C\CCCCCCCC(=O)O[C@H](COC(=O)CCCCCC[C@H]1[C@@H](O)CC(=O)[C@@H]1/C=C/[C@@H](O)CCCCC)COP(=O)(O)OC[C@H](N)C(=O)O. The molecule has 0 bridgehead atoms. The summed E-state index contributed by atoms with van der Waals surface area (Å²) >= 11 is 0. The third-order valence-corrected chi connectivity index (χ3v) is 11.2. The number of ketones is 1. The van der Waals surface area contributed by atoms with Gasteiger partial charge in [0.25, 0.3) is 0 Å². The Balaban J connectivity index is 2.48. The molecule has 7 atom stereocenters. The minimum Gasteiger partial charge on any atom is -0.480 e. The summed E-state index contributed by atoms with van der Waals surface area (Å²) in [5.74, 6) is -3.23. The van der Waals surface area contributed by atoms with E-state index in [-0.39, 0.29) is 31.0 Å². The topological polar surface area (TPSA) is 229 Å². The number of ether oxygens (including phenoxy) is 2. The molecule has 59 heavy (non-hydrogen) atoms. The monoisotopic (exact) mass is 858 g/mol. The largest absolute Gasteiger partial charge is 0.480 e. The van der Waals surface area contributed by atoms with Gasteiger partial charge in [0.2, 0.25) is 0 Å². The van der Waals surface area contributed by atoms with Gasteiger partial charge in [0, 0.05) is 25.2 Å². The molecule has 1 aliphatic rings. The van der Waals surface area contributed by atoms with Crippen LogP contribution in [0.3, 0.4) is 0 Å². The van der Waals surface area contributed by atoms with Crippen LogP contribution in [-0.4, -0.2) is 88.1 Å². The van der Waals surface area contributed by atoms with Gasteiger partial charge >= 0.3 is 25.7 Å². The molecule has 1 unspecified atom stereocenters. The predicted octanol–water partition coefficient (Wildman–Crippen LogP) is 8.20. The van der Waals surface area contributed by atoms with Crippen molar-refractivity contribution in [3.05, 3.63) is 36.5 Å². The van der Waals surface area contributed by atoms with Gasteiger partial charge in [-0.1, -0.05) is 121 Å². The average molecular weight is 858 g/mol. The molecule has 0 radical (unpaired) electrons. The molecule has 15 heteroatoms. The zero-order chi connectivity index (χ0) is 43.7. The van der Waals surface area contributed by atoms with Crippen molar-refractivity contribution in [2.24, 2.45) is 17.6 Å². The van der Waals surface area contributed by atoms with Crippen molar-refractivity contribution in [1.82, 2.24) is 0 Å². The van der Waals surface area contributed by atoms with Gasteiger partial charge < -0.3 is 35.4 Å². The second kappa shape index (κ2) is 33.9. The first-order valence-electron chi connectivity index (χ1n) is 22.1. The Kier molecular flexibility index (Phi) is 31.2. The van der Waals surface area contributed by atoms with Crippen LogP contribution in [0.25, 0.3) is 0 Å². The molecule has 0 aromatic carbocycles. The van der Waals surface area contributed by atoms with Crippen LogP contribution in [0.5, 0.6) is 0 Å². The van der Waals surface area contributed by atoms with Crippen LogP contribution in [0.1, 0.15) is 162 Å². The maximum atomic E-state index is 12.7. The number of aliphatic hydroxyl groups is 2. The number of aliphatic carboxylic acids is 1. The van der Waals surface area contributed by atoms with E-state index >= 15 is 0 Å². The minimum absolute atomic E-state index is 0.0186. The molecule has 340 valence electrons. The first-order valence-corrected chi connectivity index (χ1v) is 23.6. The maximum Gasteiger partial charge on any atom is 0.472 e. The molecule has 1 aliphatic carbocycles. The number of allylic oxidation sites excluding steroid dienone is 5. The molecule has 0 amide bonds. The van der Waals surface area contributed by atoms with Crippen molar-refractivity contribution in [1.29, 1.82) is 0 Å². The van der Waals surface area contributed by atoms with Gasteiger partial charge in [-0.15, -0.1) is 0 Å². The van der Waals surface area contributed by atoms with E-state index in [1.807, 2.05) is 0 Å². The molecular formula is C44H76NO13P. The Morgan fingerprint density at radius 3 is 2.03 bits per heavy atom. The highest BCUT2D eigenvalue weighted by Crippen LogP contribution is 2.43. The number of aliphatic hydroxyl groups excluding tert-OH is 2. The molecule has 0 spiro atoms. The van der Waals surface area contributed by atoms with Crippen LogP contribution in [-0.2, 0) is 42.3 Å². The van der Waals surface area contributed by atoms with E-state index in [4.69, 9.17) is 24.8 Å². The quantitative estimate of drug-likeness (QED) is 0.0172. The fourth-order valence-corrected chi connectivity index (χ4v) is 7.48. The molecule has 1 fully saturated rings. The summed E-state index contributed by atoms with van der Waals surface area (Å²) in [5, 5.41) is 29.6. The number of hydrogen-bond donors (Lipinski definition) is 5. The van der Waals surface area contributed by atoms with E-state index in [1.165, 1.54) is 19.3 Å². The highest BCUT2D eigenvalue weighted by molar-refractivity contribution is 7.47. The van der Waals surface area contributed by atoms with Gasteiger partial charge in [0.15, 0.2) is 6.10 Å². The Bertz CT molecular complexity index is 1310. The second-order valence-corrected chi connectivity index (χ2v) is 17.1. The number of carboxylic acid groups (broad SMARTS) is 1. The molecule has 0 aromatic rings. The van der Waals surface area contributed by atoms with E-state index in [0.29, 0.717) is 32.1 Å². The Hall–Kier alpha value is -2.71. The standard InChI is InChI=1S/C44H76NO13P/c1-3-5-7-8-9-10-11-12-13-14-15-16-17-18-24-28-43(50)58-36(33-56-59(53,54)57-34-39(45)44(51)52)32-55-42(49)27-23-20-19-22-26-37-38(41(48)31-40(37)47)30-29-35(46)25-21-6-4-2/h9-10,12-13,29-30,35-40,46-47H,3-8,11,14-28,31-34,45H2,1-2H3,(H,51,52)(H,53,54)/b10-9-,13-12-,30-29+/t35-,36+,37+,38+,39-,40-/m0/s1. The lowest BCUT2D eigenvalue weighted by Crippen LogP contribution is -2.34. The smallest absolute Gasteiger partial charge is 0.472 e. The number of unbranched alkanes of at least 4 members (excludes halogenated alkanes) is 13. The fourth-order valence-electron chi connectivity index (χ4n) is 6.70. The van der Waals surface area contributed by atoms with E-state index in [2.05, 4.69) is 42.7 Å². The van der Waals surface area contributed by atoms with Crippen LogP contribution >= 0.6 is 7.82 Å². The van der Waals surface area contributed by atoms with Crippen molar-refractivity contribution >= 4 is 31.5 Å². The van der Waals surface area contributed by atoms with Crippen molar-refractivity contribution in [3.8, 4) is 0 Å². The minimum atomic E-state index is -4.78. The summed E-state index contributed by atoms with van der Waals surface area (Å²) < 4.78 is 32.7. The summed E-state index contributed by atoms with van der Waals surface area (Å²) in [5.41, 5.74) is 5.33. The number of Topliss-reactive ketones (excluding diaryl/α,β-unsaturated/α-hetero) is 1. The molecule has 1 saturated carbocycles. The number of hydrogen-bond acceptors (Lipinski definition) is 12. The number of rotatable bonds is 37. The third-order valence-electron chi connectivity index (χ3n) is 10.3. The third kappa shape index (κ3) is 28.4.